The van der Waals surface area contributed by atoms with Gasteiger partial charge in [-0.15, -0.1) is 12.4 Å². The maximum atomic E-state index is 12.7. The highest BCUT2D eigenvalue weighted by Crippen LogP contribution is 2.19. The molecule has 2 aromatic rings. The van der Waals surface area contributed by atoms with Crippen LogP contribution in [0.25, 0.3) is 0 Å². The zero-order chi connectivity index (χ0) is 18.4. The molecule has 1 amide bonds. The van der Waals surface area contributed by atoms with Gasteiger partial charge in [0.05, 0.1) is 17.8 Å². The van der Waals surface area contributed by atoms with Crippen LogP contribution in [0.1, 0.15) is 53.5 Å². The Morgan fingerprint density at radius 1 is 1.35 bits per heavy atom. The zero-order valence-corrected chi connectivity index (χ0v) is 17.2. The van der Waals surface area contributed by atoms with Gasteiger partial charge in [-0.1, -0.05) is 49.6 Å². The summed E-state index contributed by atoms with van der Waals surface area (Å²) in [4.78, 5) is 12.7. The molecule has 0 aliphatic rings. The number of unbranched alkanes of at least 4 members (excludes halogenated alkanes) is 1. The summed E-state index contributed by atoms with van der Waals surface area (Å²) in [6, 6.07) is 7.66. The summed E-state index contributed by atoms with van der Waals surface area (Å²) >= 11 is 6.24. The van der Waals surface area contributed by atoms with Crippen molar-refractivity contribution >= 4 is 29.9 Å². The minimum Gasteiger partial charge on any atom is -0.348 e. The van der Waals surface area contributed by atoms with Crippen molar-refractivity contribution in [1.82, 2.24) is 15.1 Å². The van der Waals surface area contributed by atoms with Gasteiger partial charge in [0.25, 0.3) is 5.91 Å². The third-order valence-electron chi connectivity index (χ3n) is 4.41. The first-order valence-electron chi connectivity index (χ1n) is 8.76. The molecule has 0 spiro atoms. The SMILES string of the molecule is CCCCC(CN)NC(=O)c1c(C)nn(Cc2ccccc2Cl)c1C.Cl. The van der Waals surface area contributed by atoms with Crippen LogP contribution in [-0.4, -0.2) is 28.3 Å². The monoisotopic (exact) mass is 398 g/mol. The number of aryl methyl sites for hydroxylation is 1. The highest BCUT2D eigenvalue weighted by Gasteiger charge is 2.21. The van der Waals surface area contributed by atoms with E-state index < -0.39 is 0 Å². The molecule has 0 bridgehead atoms. The van der Waals surface area contributed by atoms with Gasteiger partial charge >= 0.3 is 0 Å². The van der Waals surface area contributed by atoms with Gasteiger partial charge in [-0.25, -0.2) is 0 Å². The standard InChI is InChI=1S/C19H27ClN4O.ClH/c1-4-5-9-16(11-21)22-19(25)18-13(2)23-24(14(18)3)12-15-8-6-7-10-17(15)20;/h6-8,10,16H,4-5,9,11-12,21H2,1-3H3,(H,22,25);1H. The van der Waals surface area contributed by atoms with Gasteiger partial charge in [-0.3, -0.25) is 9.48 Å². The number of nitrogens with one attached hydrogen (secondary N) is 1. The number of nitrogens with two attached hydrogens (primary N) is 1. The highest BCUT2D eigenvalue weighted by atomic mass is 35.5. The van der Waals surface area contributed by atoms with E-state index in [2.05, 4.69) is 17.3 Å². The predicted molar refractivity (Wildman–Crippen MR) is 109 cm³/mol. The molecule has 1 heterocycles. The lowest BCUT2D eigenvalue weighted by atomic mass is 10.1. The maximum Gasteiger partial charge on any atom is 0.255 e. The predicted octanol–water partition coefficient (Wildman–Crippen LogP) is 3.87. The van der Waals surface area contributed by atoms with E-state index in [1.807, 2.05) is 42.8 Å². The van der Waals surface area contributed by atoms with E-state index in [0.717, 1.165) is 30.5 Å². The minimum atomic E-state index is -0.105. The first kappa shape index (κ1) is 22.5. The maximum absolute atomic E-state index is 12.7. The summed E-state index contributed by atoms with van der Waals surface area (Å²) < 4.78 is 1.83. The number of carbonyl (C=O) groups excluding carboxylic acids is 1. The van der Waals surface area contributed by atoms with Crippen molar-refractivity contribution in [1.29, 1.82) is 0 Å². The van der Waals surface area contributed by atoms with Gasteiger partial charge in [0.2, 0.25) is 0 Å². The second-order valence-corrected chi connectivity index (χ2v) is 6.75. The van der Waals surface area contributed by atoms with Gasteiger partial charge in [0, 0.05) is 23.3 Å². The van der Waals surface area contributed by atoms with Crippen LogP contribution in [0.3, 0.4) is 0 Å². The average molecular weight is 399 g/mol. The van der Waals surface area contributed by atoms with Crippen LogP contribution in [0, 0.1) is 13.8 Å². The Morgan fingerprint density at radius 2 is 2.04 bits per heavy atom. The molecule has 0 radical (unpaired) electrons. The van der Waals surface area contributed by atoms with Gasteiger partial charge in [-0.05, 0) is 31.9 Å². The third kappa shape index (κ3) is 5.47. The van der Waals surface area contributed by atoms with E-state index in [-0.39, 0.29) is 24.4 Å². The molecule has 1 unspecified atom stereocenters. The van der Waals surface area contributed by atoms with E-state index in [1.165, 1.54) is 0 Å². The van der Waals surface area contributed by atoms with E-state index in [0.29, 0.717) is 29.4 Å². The lowest BCUT2D eigenvalue weighted by Gasteiger charge is -2.16. The molecule has 0 saturated heterocycles. The Hall–Kier alpha value is -1.56. The Balaban J connectivity index is 0.00000338. The molecule has 7 heteroatoms. The van der Waals surface area contributed by atoms with E-state index in [9.17, 15) is 4.79 Å². The third-order valence-corrected chi connectivity index (χ3v) is 4.78. The van der Waals surface area contributed by atoms with E-state index >= 15 is 0 Å². The molecule has 0 fully saturated rings. The number of hydrogen-bond donors (Lipinski definition) is 2. The first-order chi connectivity index (χ1) is 12.0. The summed E-state index contributed by atoms with van der Waals surface area (Å²) in [6.07, 6.45) is 3.02. The van der Waals surface area contributed by atoms with Gasteiger partial charge in [0.15, 0.2) is 0 Å². The number of amides is 1. The van der Waals surface area contributed by atoms with Crippen molar-refractivity contribution in [3.8, 4) is 0 Å². The Morgan fingerprint density at radius 3 is 2.65 bits per heavy atom. The summed E-state index contributed by atoms with van der Waals surface area (Å²) in [5.41, 5.74) is 8.94. The summed E-state index contributed by atoms with van der Waals surface area (Å²) in [5.74, 6) is -0.105. The fourth-order valence-electron chi connectivity index (χ4n) is 2.92. The molecular formula is C19H28Cl2N4O. The molecule has 0 saturated carbocycles. The number of aromatic nitrogens is 2. The van der Waals surface area contributed by atoms with Crippen molar-refractivity contribution in [3.05, 3.63) is 51.8 Å². The van der Waals surface area contributed by atoms with Crippen LogP contribution in [0.15, 0.2) is 24.3 Å². The molecule has 0 aliphatic heterocycles. The van der Waals surface area contributed by atoms with Crippen molar-refractivity contribution in [2.75, 3.05) is 6.54 Å². The first-order valence-corrected chi connectivity index (χ1v) is 9.14. The van der Waals surface area contributed by atoms with E-state index in [1.54, 1.807) is 0 Å². The molecule has 0 aliphatic carbocycles. The molecule has 26 heavy (non-hydrogen) atoms. The normalized spacial score (nSPS) is 11.7. The fraction of sp³-hybridized carbons (Fsp3) is 0.474. The second-order valence-electron chi connectivity index (χ2n) is 6.34. The minimum absolute atomic E-state index is 0. The quantitative estimate of drug-likeness (QED) is 0.708. The zero-order valence-electron chi connectivity index (χ0n) is 15.6. The molecule has 1 atom stereocenters. The van der Waals surface area contributed by atoms with Crippen LogP contribution in [-0.2, 0) is 6.54 Å². The van der Waals surface area contributed by atoms with Crippen LogP contribution >= 0.6 is 24.0 Å². The number of hydrogen-bond acceptors (Lipinski definition) is 3. The second kappa shape index (κ2) is 10.6. The van der Waals surface area contributed by atoms with Crippen LogP contribution < -0.4 is 11.1 Å². The fourth-order valence-corrected chi connectivity index (χ4v) is 3.12. The molecule has 144 valence electrons. The number of rotatable bonds is 8. The van der Waals surface area contributed by atoms with Gasteiger partial charge in [0.1, 0.15) is 0 Å². The average Bonchev–Trinajstić information content (AvgIpc) is 2.87. The van der Waals surface area contributed by atoms with Crippen molar-refractivity contribution < 1.29 is 4.79 Å². The van der Waals surface area contributed by atoms with Crippen molar-refractivity contribution in [2.24, 2.45) is 5.73 Å². The van der Waals surface area contributed by atoms with Crippen LogP contribution in [0.4, 0.5) is 0 Å². The molecule has 2 rings (SSSR count). The molecule has 1 aromatic carbocycles. The van der Waals surface area contributed by atoms with E-state index in [4.69, 9.17) is 17.3 Å². The van der Waals surface area contributed by atoms with Crippen molar-refractivity contribution in [3.63, 3.8) is 0 Å². The Kier molecular flexibility index (Phi) is 9.13. The molecular weight excluding hydrogens is 371 g/mol. The summed E-state index contributed by atoms with van der Waals surface area (Å²) in [7, 11) is 0. The molecule has 5 nitrogen and oxygen atoms in total. The number of halogens is 2. The topological polar surface area (TPSA) is 72.9 Å². The van der Waals surface area contributed by atoms with Gasteiger partial charge in [-0.2, -0.15) is 5.10 Å². The van der Waals surface area contributed by atoms with Crippen LogP contribution in [0.5, 0.6) is 0 Å². The molecule has 3 N–H and O–H groups in total. The number of nitrogens with zero attached hydrogens (tertiary/aromatic N) is 2. The molecule has 1 aromatic heterocycles. The highest BCUT2D eigenvalue weighted by molar-refractivity contribution is 6.31. The van der Waals surface area contributed by atoms with Gasteiger partial charge < -0.3 is 11.1 Å². The summed E-state index contributed by atoms with van der Waals surface area (Å²) in [5, 5.41) is 8.27. The lowest BCUT2D eigenvalue weighted by molar-refractivity contribution is 0.0934. The number of carbonyl (C=O) groups is 1. The van der Waals surface area contributed by atoms with Crippen molar-refractivity contribution in [2.45, 2.75) is 52.6 Å². The Labute approximate surface area is 166 Å². The number of benzene rings is 1. The Bertz CT molecular complexity index is 730. The smallest absolute Gasteiger partial charge is 0.255 e. The lowest BCUT2D eigenvalue weighted by Crippen LogP contribution is -2.40. The summed E-state index contributed by atoms with van der Waals surface area (Å²) in [6.45, 7) is 6.87. The largest absolute Gasteiger partial charge is 0.348 e. The van der Waals surface area contributed by atoms with Crippen LogP contribution in [0.2, 0.25) is 5.02 Å².